The molecule has 0 aliphatic carbocycles. The number of phenols is 1. The molecule has 23 heavy (non-hydrogen) atoms. The number of nitrogens with zero attached hydrogens (tertiary/aromatic N) is 1. The van der Waals surface area contributed by atoms with Gasteiger partial charge in [0.05, 0.1) is 0 Å². The minimum absolute atomic E-state index is 0.0370. The summed E-state index contributed by atoms with van der Waals surface area (Å²) in [6.07, 6.45) is 1.34. The molecule has 1 aliphatic heterocycles. The fraction of sp³-hybridized carbons (Fsp3) is 0.529. The number of benzene rings is 1. The van der Waals surface area contributed by atoms with E-state index in [9.17, 15) is 14.7 Å². The molecule has 1 aromatic carbocycles. The minimum Gasteiger partial charge on any atom is -0.507 e. The molecule has 1 aromatic rings. The van der Waals surface area contributed by atoms with E-state index in [2.05, 4.69) is 0 Å². The predicted molar refractivity (Wildman–Crippen MR) is 84.8 cm³/mol. The quantitative estimate of drug-likeness (QED) is 0.873. The van der Waals surface area contributed by atoms with Crippen molar-refractivity contribution in [2.75, 3.05) is 13.1 Å². The van der Waals surface area contributed by atoms with Crippen LogP contribution in [-0.4, -0.2) is 45.9 Å². The third kappa shape index (κ3) is 4.37. The lowest BCUT2D eigenvalue weighted by Gasteiger charge is -2.34. The molecule has 2 rings (SSSR count). The largest absolute Gasteiger partial charge is 0.507 e. The third-order valence-corrected chi connectivity index (χ3v) is 3.80. The first-order chi connectivity index (χ1) is 10.7. The molecule has 1 unspecified atom stereocenters. The fourth-order valence-electron chi connectivity index (χ4n) is 2.72. The van der Waals surface area contributed by atoms with Crippen LogP contribution in [0.3, 0.4) is 0 Å². The topological polar surface area (TPSA) is 87.1 Å². The Balaban J connectivity index is 2.14. The maximum absolute atomic E-state index is 12.2. The van der Waals surface area contributed by atoms with Crippen molar-refractivity contribution in [1.82, 2.24) is 4.90 Å². The van der Waals surface area contributed by atoms with E-state index in [1.54, 1.807) is 11.0 Å². The monoisotopic (exact) mass is 321 g/mol. The average molecular weight is 321 g/mol. The van der Waals surface area contributed by atoms with Gasteiger partial charge in [-0.1, -0.05) is 6.07 Å². The molecule has 6 nitrogen and oxygen atoms in total. The standard InChI is InChI=1S/C17H23NO5/c1-17(2,3)23-16(22)18-8-4-5-12(10-18)11-6-7-14(19)13(9-11)15(20)21/h6-7,9,12,19H,4-5,8,10H2,1-3H3,(H,20,21). The summed E-state index contributed by atoms with van der Waals surface area (Å²) >= 11 is 0. The summed E-state index contributed by atoms with van der Waals surface area (Å²) in [5.74, 6) is -1.37. The van der Waals surface area contributed by atoms with Gasteiger partial charge in [-0.2, -0.15) is 0 Å². The van der Waals surface area contributed by atoms with E-state index < -0.39 is 11.6 Å². The summed E-state index contributed by atoms with van der Waals surface area (Å²) in [6.45, 7) is 6.59. The summed E-state index contributed by atoms with van der Waals surface area (Å²) < 4.78 is 5.40. The number of aromatic carboxylic acids is 1. The number of hydrogen-bond acceptors (Lipinski definition) is 4. The predicted octanol–water partition coefficient (Wildman–Crippen LogP) is 3.20. The molecule has 0 saturated carbocycles. The van der Waals surface area contributed by atoms with Crippen molar-refractivity contribution in [3.8, 4) is 5.75 Å². The molecule has 126 valence electrons. The number of carbonyl (C=O) groups excluding carboxylic acids is 1. The molecular weight excluding hydrogens is 298 g/mol. The first kappa shape index (κ1) is 17.1. The Morgan fingerprint density at radius 2 is 2.00 bits per heavy atom. The minimum atomic E-state index is -1.16. The zero-order valence-corrected chi connectivity index (χ0v) is 13.7. The average Bonchev–Trinajstić information content (AvgIpc) is 2.46. The number of carboxylic acids is 1. The van der Waals surface area contributed by atoms with Crippen LogP contribution in [0.4, 0.5) is 4.79 Å². The smallest absolute Gasteiger partial charge is 0.410 e. The van der Waals surface area contributed by atoms with Crippen molar-refractivity contribution < 1.29 is 24.5 Å². The van der Waals surface area contributed by atoms with Crippen LogP contribution >= 0.6 is 0 Å². The number of rotatable bonds is 2. The van der Waals surface area contributed by atoms with Crippen LogP contribution in [-0.2, 0) is 4.74 Å². The molecule has 6 heteroatoms. The molecule has 1 saturated heterocycles. The van der Waals surface area contributed by atoms with E-state index in [0.29, 0.717) is 13.1 Å². The summed E-state index contributed by atoms with van der Waals surface area (Å²) in [6, 6.07) is 4.59. The molecular formula is C17H23NO5. The normalized spacial score (nSPS) is 18.6. The molecule has 1 atom stereocenters. The van der Waals surface area contributed by atoms with Crippen molar-refractivity contribution in [2.45, 2.75) is 45.1 Å². The van der Waals surface area contributed by atoms with Crippen molar-refractivity contribution in [3.05, 3.63) is 29.3 Å². The van der Waals surface area contributed by atoms with Crippen LogP contribution in [0.2, 0.25) is 0 Å². The fourth-order valence-corrected chi connectivity index (χ4v) is 2.72. The first-order valence-corrected chi connectivity index (χ1v) is 7.71. The number of likely N-dealkylation sites (tertiary alicyclic amines) is 1. The zero-order chi connectivity index (χ0) is 17.2. The van der Waals surface area contributed by atoms with Gasteiger partial charge in [-0.05, 0) is 51.3 Å². The van der Waals surface area contributed by atoms with Crippen LogP contribution in [0.5, 0.6) is 5.75 Å². The highest BCUT2D eigenvalue weighted by atomic mass is 16.6. The Morgan fingerprint density at radius 1 is 1.30 bits per heavy atom. The first-order valence-electron chi connectivity index (χ1n) is 7.71. The van der Waals surface area contributed by atoms with Crippen molar-refractivity contribution in [3.63, 3.8) is 0 Å². The van der Waals surface area contributed by atoms with Gasteiger partial charge in [0.25, 0.3) is 0 Å². The molecule has 0 radical (unpaired) electrons. The van der Waals surface area contributed by atoms with Gasteiger partial charge in [0.15, 0.2) is 0 Å². The molecule has 0 aromatic heterocycles. The van der Waals surface area contributed by atoms with Crippen molar-refractivity contribution >= 4 is 12.1 Å². The van der Waals surface area contributed by atoms with E-state index in [4.69, 9.17) is 9.84 Å². The van der Waals surface area contributed by atoms with Gasteiger partial charge in [0.2, 0.25) is 0 Å². The lowest BCUT2D eigenvalue weighted by atomic mass is 9.89. The molecule has 1 aliphatic rings. The van der Waals surface area contributed by atoms with Crippen LogP contribution in [0.15, 0.2) is 18.2 Å². The number of amides is 1. The summed E-state index contributed by atoms with van der Waals surface area (Å²) in [5.41, 5.74) is 0.157. The highest BCUT2D eigenvalue weighted by Crippen LogP contribution is 2.30. The van der Waals surface area contributed by atoms with Crippen LogP contribution in [0.1, 0.15) is 55.5 Å². The molecule has 1 fully saturated rings. The van der Waals surface area contributed by atoms with Gasteiger partial charge in [0, 0.05) is 19.0 Å². The zero-order valence-electron chi connectivity index (χ0n) is 13.7. The van der Waals surface area contributed by atoms with Crippen LogP contribution < -0.4 is 0 Å². The van der Waals surface area contributed by atoms with Crippen molar-refractivity contribution in [2.24, 2.45) is 0 Å². The molecule has 2 N–H and O–H groups in total. The second-order valence-electron chi connectivity index (χ2n) is 6.85. The van der Waals surface area contributed by atoms with Crippen LogP contribution in [0, 0.1) is 0 Å². The number of hydrogen-bond donors (Lipinski definition) is 2. The Morgan fingerprint density at radius 3 is 2.61 bits per heavy atom. The van der Waals surface area contributed by atoms with Gasteiger partial charge in [-0.15, -0.1) is 0 Å². The lowest BCUT2D eigenvalue weighted by molar-refractivity contribution is 0.0198. The number of carbonyl (C=O) groups is 2. The summed E-state index contributed by atoms with van der Waals surface area (Å²) in [5, 5.41) is 18.7. The SMILES string of the molecule is CC(C)(C)OC(=O)N1CCCC(c2ccc(O)c(C(=O)O)c2)C1. The maximum atomic E-state index is 12.2. The Labute approximate surface area is 135 Å². The van der Waals surface area contributed by atoms with Gasteiger partial charge >= 0.3 is 12.1 Å². The Kier molecular flexibility index (Phi) is 4.82. The number of aromatic hydroxyl groups is 1. The Hall–Kier alpha value is -2.24. The van der Waals surface area contributed by atoms with E-state index in [1.165, 1.54) is 12.1 Å². The lowest BCUT2D eigenvalue weighted by Crippen LogP contribution is -2.42. The van der Waals surface area contributed by atoms with E-state index >= 15 is 0 Å². The molecule has 0 spiro atoms. The van der Waals surface area contributed by atoms with Gasteiger partial charge in [0.1, 0.15) is 16.9 Å². The van der Waals surface area contributed by atoms with E-state index in [1.807, 2.05) is 20.8 Å². The van der Waals surface area contributed by atoms with Gasteiger partial charge in [-0.25, -0.2) is 9.59 Å². The van der Waals surface area contributed by atoms with E-state index in [-0.39, 0.29) is 23.3 Å². The second-order valence-corrected chi connectivity index (χ2v) is 6.85. The number of carboxylic acid groups (broad SMARTS) is 1. The van der Waals surface area contributed by atoms with Crippen molar-refractivity contribution in [1.29, 1.82) is 0 Å². The molecule has 0 bridgehead atoms. The molecule has 1 amide bonds. The third-order valence-electron chi connectivity index (χ3n) is 3.80. The van der Waals surface area contributed by atoms with Gasteiger partial charge < -0.3 is 19.8 Å². The second kappa shape index (κ2) is 6.48. The molecule has 1 heterocycles. The Bertz CT molecular complexity index is 605. The number of ether oxygens (including phenoxy) is 1. The summed E-state index contributed by atoms with van der Waals surface area (Å²) in [7, 11) is 0. The highest BCUT2D eigenvalue weighted by molar-refractivity contribution is 5.91. The van der Waals surface area contributed by atoms with E-state index in [0.717, 1.165) is 18.4 Å². The van der Waals surface area contributed by atoms with Gasteiger partial charge in [-0.3, -0.25) is 0 Å². The highest BCUT2D eigenvalue weighted by Gasteiger charge is 2.28. The van der Waals surface area contributed by atoms with Crippen LogP contribution in [0.25, 0.3) is 0 Å². The summed E-state index contributed by atoms with van der Waals surface area (Å²) in [4.78, 5) is 25.0. The maximum Gasteiger partial charge on any atom is 0.410 e. The number of piperidine rings is 1.